The van der Waals surface area contributed by atoms with Crippen molar-refractivity contribution < 1.29 is 0 Å². The first kappa shape index (κ1) is 4.12. The highest BCUT2D eigenvalue weighted by Crippen LogP contribution is 1.76. The molecule has 0 spiro atoms. The topological polar surface area (TPSA) is 24.4 Å². The molecular formula is C5H5N2. The molecule has 1 aliphatic rings. The molecule has 0 saturated carbocycles. The third kappa shape index (κ3) is 1.22. The van der Waals surface area contributed by atoms with Crippen LogP contribution in [0.1, 0.15) is 0 Å². The lowest BCUT2D eigenvalue weighted by atomic mass is 10.5. The average molecular weight is 93.1 g/mol. The van der Waals surface area contributed by atoms with Gasteiger partial charge >= 0.3 is 0 Å². The van der Waals surface area contributed by atoms with E-state index < -0.39 is 0 Å². The quantitative estimate of drug-likeness (QED) is 0.464. The first-order valence-electron chi connectivity index (χ1n) is 2.02. The van der Waals surface area contributed by atoms with E-state index in [4.69, 9.17) is 0 Å². The standard InChI is InChI=1S/C5H5N2/c1-2-4-6-7-5-3-1/h1-4,6H. The molecule has 0 fully saturated rings. The van der Waals surface area contributed by atoms with E-state index in [0.717, 1.165) is 0 Å². The van der Waals surface area contributed by atoms with Crippen molar-refractivity contribution in [2.45, 2.75) is 0 Å². The van der Waals surface area contributed by atoms with E-state index in [-0.39, 0.29) is 0 Å². The van der Waals surface area contributed by atoms with E-state index in [9.17, 15) is 0 Å². The molecule has 0 unspecified atom stereocenters. The van der Waals surface area contributed by atoms with E-state index in [0.29, 0.717) is 0 Å². The van der Waals surface area contributed by atoms with Gasteiger partial charge in [0.1, 0.15) is 6.21 Å². The minimum atomic E-state index is 1.73. The van der Waals surface area contributed by atoms with Gasteiger partial charge in [0.2, 0.25) is 0 Å². The van der Waals surface area contributed by atoms with Crippen LogP contribution >= 0.6 is 0 Å². The second kappa shape index (κ2) is 2.18. The molecule has 0 bridgehead atoms. The predicted octanol–water partition coefficient (Wildman–Crippen LogP) is 0.522. The van der Waals surface area contributed by atoms with Crippen LogP contribution in [0.15, 0.2) is 29.5 Å². The highest BCUT2D eigenvalue weighted by molar-refractivity contribution is 5.71. The highest BCUT2D eigenvalue weighted by atomic mass is 15.3. The van der Waals surface area contributed by atoms with E-state index in [1.54, 1.807) is 12.3 Å². The molecule has 0 atom stereocenters. The molecular weight excluding hydrogens is 88.1 g/mol. The van der Waals surface area contributed by atoms with E-state index in [2.05, 4.69) is 16.7 Å². The van der Waals surface area contributed by atoms with E-state index in [1.807, 2.05) is 12.2 Å². The zero-order valence-corrected chi connectivity index (χ0v) is 3.76. The third-order valence-corrected chi connectivity index (χ3v) is 0.582. The largest absolute Gasteiger partial charge is 0.285 e. The Balaban J connectivity index is 2.60. The van der Waals surface area contributed by atoms with Gasteiger partial charge in [-0.2, -0.15) is 5.10 Å². The molecule has 0 aromatic carbocycles. The Hall–Kier alpha value is -1.05. The summed E-state index contributed by atoms with van der Waals surface area (Å²) in [7, 11) is 0. The highest BCUT2D eigenvalue weighted by Gasteiger charge is 1.69. The number of hydrogen-bond acceptors (Lipinski definition) is 2. The summed E-state index contributed by atoms with van der Waals surface area (Å²) in [6.45, 7) is 0. The second-order valence-corrected chi connectivity index (χ2v) is 1.09. The van der Waals surface area contributed by atoms with Gasteiger partial charge in [-0.1, -0.05) is 6.08 Å². The fraction of sp³-hybridized carbons (Fsp3) is 0. The molecule has 1 N–H and O–H groups in total. The Kier molecular flexibility index (Phi) is 1.28. The van der Waals surface area contributed by atoms with Gasteiger partial charge < -0.3 is 0 Å². The van der Waals surface area contributed by atoms with Crippen LogP contribution in [0.3, 0.4) is 0 Å². The van der Waals surface area contributed by atoms with Crippen LogP contribution in [-0.2, 0) is 0 Å². The van der Waals surface area contributed by atoms with Gasteiger partial charge in [0.15, 0.2) is 0 Å². The van der Waals surface area contributed by atoms with Crippen LogP contribution in [0.2, 0.25) is 0 Å². The van der Waals surface area contributed by atoms with Gasteiger partial charge in [-0.3, -0.25) is 5.43 Å². The molecule has 1 aliphatic heterocycles. The van der Waals surface area contributed by atoms with Crippen molar-refractivity contribution in [3.63, 3.8) is 0 Å². The van der Waals surface area contributed by atoms with E-state index in [1.165, 1.54) is 0 Å². The van der Waals surface area contributed by atoms with Crippen LogP contribution in [0.25, 0.3) is 0 Å². The SMILES string of the molecule is [C]1=NNC=CC=C1. The summed E-state index contributed by atoms with van der Waals surface area (Å²) in [4.78, 5) is 0. The van der Waals surface area contributed by atoms with Gasteiger partial charge in [0, 0.05) is 6.20 Å². The minimum absolute atomic E-state index is 1.73. The molecule has 2 heteroatoms. The van der Waals surface area contributed by atoms with Crippen molar-refractivity contribution in [3.8, 4) is 0 Å². The van der Waals surface area contributed by atoms with Gasteiger partial charge in [-0.15, -0.1) is 0 Å². The van der Waals surface area contributed by atoms with Crippen molar-refractivity contribution in [3.05, 3.63) is 24.4 Å². The van der Waals surface area contributed by atoms with Crippen molar-refractivity contribution in [1.82, 2.24) is 5.43 Å². The molecule has 7 heavy (non-hydrogen) atoms. The first-order chi connectivity index (χ1) is 3.50. The summed E-state index contributed by atoms with van der Waals surface area (Å²) >= 11 is 0. The second-order valence-electron chi connectivity index (χ2n) is 1.09. The monoisotopic (exact) mass is 93.0 g/mol. The smallest absolute Gasteiger partial charge is 0.111 e. The van der Waals surface area contributed by atoms with Gasteiger partial charge in [-0.05, 0) is 12.2 Å². The molecule has 0 saturated heterocycles. The van der Waals surface area contributed by atoms with Crippen molar-refractivity contribution >= 4 is 6.21 Å². The summed E-state index contributed by atoms with van der Waals surface area (Å²) in [5.74, 6) is 0. The molecule has 0 aliphatic carbocycles. The number of nitrogens with one attached hydrogen (secondary N) is 1. The number of rotatable bonds is 0. The van der Waals surface area contributed by atoms with Crippen LogP contribution in [0.4, 0.5) is 0 Å². The predicted molar refractivity (Wildman–Crippen MR) is 28.9 cm³/mol. The summed E-state index contributed by atoms with van der Waals surface area (Å²) in [6, 6.07) is 0. The lowest BCUT2D eigenvalue weighted by Crippen LogP contribution is -1.89. The molecule has 0 amide bonds. The molecule has 0 aromatic heterocycles. The average Bonchev–Trinajstić information content (AvgIpc) is 1.90. The lowest BCUT2D eigenvalue weighted by Gasteiger charge is -1.78. The Morgan fingerprint density at radius 3 is 3.43 bits per heavy atom. The van der Waals surface area contributed by atoms with Gasteiger partial charge in [0.25, 0.3) is 0 Å². The van der Waals surface area contributed by atoms with Crippen LogP contribution in [-0.4, -0.2) is 6.21 Å². The normalized spacial score (nSPS) is 16.0. The maximum Gasteiger partial charge on any atom is 0.111 e. The van der Waals surface area contributed by atoms with Crippen molar-refractivity contribution in [1.29, 1.82) is 0 Å². The van der Waals surface area contributed by atoms with Crippen LogP contribution in [0, 0.1) is 0 Å². The Morgan fingerprint density at radius 2 is 2.43 bits per heavy atom. The fourth-order valence-electron chi connectivity index (χ4n) is 0.309. The van der Waals surface area contributed by atoms with Gasteiger partial charge in [0.05, 0.1) is 0 Å². The maximum atomic E-state index is 3.60. The number of hydrogen-bond donors (Lipinski definition) is 1. The number of hydrazone groups is 1. The third-order valence-electron chi connectivity index (χ3n) is 0.582. The maximum absolute atomic E-state index is 3.60. The summed E-state index contributed by atoms with van der Waals surface area (Å²) < 4.78 is 0. The molecule has 35 valence electrons. The summed E-state index contributed by atoms with van der Waals surface area (Å²) in [6.07, 6.45) is 9.78. The Labute approximate surface area is 42.2 Å². The lowest BCUT2D eigenvalue weighted by molar-refractivity contribution is 0.980. The van der Waals surface area contributed by atoms with Crippen molar-refractivity contribution in [2.24, 2.45) is 5.10 Å². The minimum Gasteiger partial charge on any atom is -0.285 e. The zero-order valence-electron chi connectivity index (χ0n) is 3.76. The van der Waals surface area contributed by atoms with E-state index >= 15 is 0 Å². The zero-order chi connectivity index (χ0) is 4.95. The van der Waals surface area contributed by atoms with Crippen molar-refractivity contribution in [2.75, 3.05) is 0 Å². The molecule has 1 radical (unpaired) electrons. The van der Waals surface area contributed by atoms with Crippen LogP contribution < -0.4 is 5.43 Å². The number of nitrogens with zero attached hydrogens (tertiary/aromatic N) is 1. The molecule has 2 nitrogen and oxygen atoms in total. The summed E-state index contributed by atoms with van der Waals surface area (Å²) in [5, 5.41) is 3.60. The first-order valence-corrected chi connectivity index (χ1v) is 2.02. The Bertz CT molecular complexity index is 108. The van der Waals surface area contributed by atoms with Gasteiger partial charge in [-0.25, -0.2) is 0 Å². The summed E-state index contributed by atoms with van der Waals surface area (Å²) in [5.41, 5.74) is 2.62. The van der Waals surface area contributed by atoms with Crippen LogP contribution in [0.5, 0.6) is 0 Å². The molecule has 1 heterocycles. The Morgan fingerprint density at radius 1 is 1.43 bits per heavy atom. The number of allylic oxidation sites excluding steroid dienone is 3. The fourth-order valence-corrected chi connectivity index (χ4v) is 0.309. The molecule has 0 aromatic rings. The molecule has 1 rings (SSSR count).